The number of nitrogens with zero attached hydrogens (tertiary/aromatic N) is 2. The van der Waals surface area contributed by atoms with Crippen LogP contribution in [0.5, 0.6) is 0 Å². The first-order valence-corrected chi connectivity index (χ1v) is 6.41. The van der Waals surface area contributed by atoms with Gasteiger partial charge in [-0.3, -0.25) is 9.59 Å². The van der Waals surface area contributed by atoms with Gasteiger partial charge in [0.1, 0.15) is 5.82 Å². The number of rotatable bonds is 4. The summed E-state index contributed by atoms with van der Waals surface area (Å²) in [5, 5.41) is 5.76. The fourth-order valence-corrected chi connectivity index (χ4v) is 1.52. The van der Waals surface area contributed by atoms with Crippen molar-refractivity contribution in [3.8, 4) is 0 Å². The van der Waals surface area contributed by atoms with E-state index >= 15 is 0 Å². The van der Waals surface area contributed by atoms with Crippen LogP contribution in [0, 0.1) is 0 Å². The maximum absolute atomic E-state index is 11.7. The highest BCUT2D eigenvalue weighted by molar-refractivity contribution is 5.93. The van der Waals surface area contributed by atoms with Gasteiger partial charge >= 0.3 is 0 Å². The van der Waals surface area contributed by atoms with Crippen molar-refractivity contribution in [2.75, 3.05) is 26.0 Å². The lowest BCUT2D eigenvalue weighted by Gasteiger charge is -2.20. The minimum atomic E-state index is -0.256. The Labute approximate surface area is 119 Å². The maximum Gasteiger partial charge on any atom is 0.254 e. The molecule has 0 aliphatic rings. The van der Waals surface area contributed by atoms with E-state index in [1.54, 1.807) is 26.2 Å². The van der Waals surface area contributed by atoms with Gasteiger partial charge in [0.05, 0.1) is 12.1 Å². The Morgan fingerprint density at radius 3 is 2.35 bits per heavy atom. The number of amides is 2. The second kappa shape index (κ2) is 6.36. The molecule has 1 heterocycles. The SMILES string of the molecule is CN(C)C(=O)c1ccc(NCC(=O)NC(C)(C)C)nc1. The van der Waals surface area contributed by atoms with Crippen LogP contribution >= 0.6 is 0 Å². The van der Waals surface area contributed by atoms with Crippen molar-refractivity contribution >= 4 is 17.6 Å². The molecule has 0 unspecified atom stereocenters. The molecule has 0 bridgehead atoms. The third-order valence-electron chi connectivity index (χ3n) is 2.36. The first-order chi connectivity index (χ1) is 9.19. The van der Waals surface area contributed by atoms with Crippen LogP contribution in [0.3, 0.4) is 0 Å². The summed E-state index contributed by atoms with van der Waals surface area (Å²) >= 11 is 0. The van der Waals surface area contributed by atoms with Crippen LogP contribution < -0.4 is 10.6 Å². The molecule has 0 aromatic carbocycles. The van der Waals surface area contributed by atoms with Crippen molar-refractivity contribution in [1.29, 1.82) is 0 Å². The molecule has 0 radical (unpaired) electrons. The van der Waals surface area contributed by atoms with E-state index in [1.807, 2.05) is 20.8 Å². The van der Waals surface area contributed by atoms with Crippen LogP contribution in [0.25, 0.3) is 0 Å². The standard InChI is InChI=1S/C14H22N4O2/c1-14(2,3)17-12(19)9-16-11-7-6-10(8-15-11)13(20)18(4)5/h6-8H,9H2,1-5H3,(H,15,16)(H,17,19). The average Bonchev–Trinajstić information content (AvgIpc) is 2.34. The predicted octanol–water partition coefficient (Wildman–Crippen LogP) is 1.11. The van der Waals surface area contributed by atoms with Crippen LogP contribution in [0.4, 0.5) is 5.82 Å². The number of pyridine rings is 1. The van der Waals surface area contributed by atoms with Crippen molar-refractivity contribution in [2.45, 2.75) is 26.3 Å². The normalized spacial score (nSPS) is 10.8. The molecule has 6 heteroatoms. The van der Waals surface area contributed by atoms with E-state index in [-0.39, 0.29) is 23.9 Å². The second-order valence-electron chi connectivity index (χ2n) is 5.78. The Balaban J connectivity index is 2.54. The Kier molecular flexibility index (Phi) is 5.07. The highest BCUT2D eigenvalue weighted by Crippen LogP contribution is 2.06. The quantitative estimate of drug-likeness (QED) is 0.865. The summed E-state index contributed by atoms with van der Waals surface area (Å²) in [4.78, 5) is 28.9. The van der Waals surface area contributed by atoms with Gasteiger partial charge in [-0.2, -0.15) is 0 Å². The number of hydrogen-bond acceptors (Lipinski definition) is 4. The van der Waals surface area contributed by atoms with Crippen molar-refractivity contribution in [1.82, 2.24) is 15.2 Å². The lowest BCUT2D eigenvalue weighted by Crippen LogP contribution is -2.43. The van der Waals surface area contributed by atoms with Gasteiger partial charge in [-0.1, -0.05) is 0 Å². The van der Waals surface area contributed by atoms with E-state index in [0.29, 0.717) is 11.4 Å². The van der Waals surface area contributed by atoms with Crippen molar-refractivity contribution in [2.24, 2.45) is 0 Å². The first kappa shape index (κ1) is 15.9. The lowest BCUT2D eigenvalue weighted by atomic mass is 10.1. The molecule has 2 N–H and O–H groups in total. The molecule has 0 fully saturated rings. The molecule has 6 nitrogen and oxygen atoms in total. The van der Waals surface area contributed by atoms with Gasteiger partial charge in [-0.15, -0.1) is 0 Å². The summed E-state index contributed by atoms with van der Waals surface area (Å²) in [5.74, 6) is 0.353. The topological polar surface area (TPSA) is 74.3 Å². The van der Waals surface area contributed by atoms with E-state index in [2.05, 4.69) is 15.6 Å². The van der Waals surface area contributed by atoms with Crippen LogP contribution in [0.1, 0.15) is 31.1 Å². The fraction of sp³-hybridized carbons (Fsp3) is 0.500. The molecule has 20 heavy (non-hydrogen) atoms. The summed E-state index contributed by atoms with van der Waals surface area (Å²) in [6.07, 6.45) is 1.49. The Bertz CT molecular complexity index is 475. The molecule has 0 saturated heterocycles. The van der Waals surface area contributed by atoms with Gasteiger partial charge in [0, 0.05) is 25.8 Å². The highest BCUT2D eigenvalue weighted by Gasteiger charge is 2.13. The molecule has 1 aromatic rings. The van der Waals surface area contributed by atoms with Crippen molar-refractivity contribution in [3.63, 3.8) is 0 Å². The molecule has 0 saturated carbocycles. The average molecular weight is 278 g/mol. The van der Waals surface area contributed by atoms with Gasteiger partial charge in [0.2, 0.25) is 5.91 Å². The van der Waals surface area contributed by atoms with E-state index in [0.717, 1.165) is 0 Å². The molecule has 1 rings (SSSR count). The summed E-state index contributed by atoms with van der Waals surface area (Å²) in [6, 6.07) is 3.36. The van der Waals surface area contributed by atoms with E-state index in [4.69, 9.17) is 0 Å². The maximum atomic E-state index is 11.7. The number of carbonyl (C=O) groups excluding carboxylic acids is 2. The van der Waals surface area contributed by atoms with Gasteiger partial charge in [-0.25, -0.2) is 4.98 Å². The molecular weight excluding hydrogens is 256 g/mol. The van der Waals surface area contributed by atoms with Crippen molar-refractivity contribution in [3.05, 3.63) is 23.9 Å². The van der Waals surface area contributed by atoms with Crippen LogP contribution in [-0.4, -0.2) is 47.9 Å². The van der Waals surface area contributed by atoms with Gasteiger partial charge < -0.3 is 15.5 Å². The molecule has 0 aliphatic carbocycles. The number of anilines is 1. The first-order valence-electron chi connectivity index (χ1n) is 6.41. The Morgan fingerprint density at radius 2 is 1.90 bits per heavy atom. The number of hydrogen-bond donors (Lipinski definition) is 2. The monoisotopic (exact) mass is 278 g/mol. The minimum Gasteiger partial charge on any atom is -0.361 e. The lowest BCUT2D eigenvalue weighted by molar-refractivity contribution is -0.120. The third-order valence-corrected chi connectivity index (χ3v) is 2.36. The minimum absolute atomic E-state index is 0.102. The van der Waals surface area contributed by atoms with E-state index < -0.39 is 0 Å². The third kappa shape index (κ3) is 5.26. The molecular formula is C14H22N4O2. The molecule has 2 amide bonds. The molecule has 0 aliphatic heterocycles. The molecule has 0 spiro atoms. The van der Waals surface area contributed by atoms with Crippen LogP contribution in [0.15, 0.2) is 18.3 Å². The van der Waals surface area contributed by atoms with Crippen LogP contribution in [0.2, 0.25) is 0 Å². The zero-order chi connectivity index (χ0) is 15.3. The second-order valence-corrected chi connectivity index (χ2v) is 5.78. The summed E-state index contributed by atoms with van der Waals surface area (Å²) in [6.45, 7) is 5.91. The summed E-state index contributed by atoms with van der Waals surface area (Å²) in [5.41, 5.74) is 0.258. The predicted molar refractivity (Wildman–Crippen MR) is 78.6 cm³/mol. The highest BCUT2D eigenvalue weighted by atomic mass is 16.2. The van der Waals surface area contributed by atoms with Gasteiger partial charge in [0.15, 0.2) is 0 Å². The summed E-state index contributed by atoms with van der Waals surface area (Å²) < 4.78 is 0. The zero-order valence-corrected chi connectivity index (χ0v) is 12.7. The smallest absolute Gasteiger partial charge is 0.254 e. The van der Waals surface area contributed by atoms with Gasteiger partial charge in [-0.05, 0) is 32.9 Å². The Hall–Kier alpha value is -2.11. The number of carbonyl (C=O) groups is 2. The van der Waals surface area contributed by atoms with E-state index in [1.165, 1.54) is 11.1 Å². The Morgan fingerprint density at radius 1 is 1.25 bits per heavy atom. The molecule has 110 valence electrons. The summed E-state index contributed by atoms with van der Waals surface area (Å²) in [7, 11) is 3.37. The zero-order valence-electron chi connectivity index (χ0n) is 12.7. The fourth-order valence-electron chi connectivity index (χ4n) is 1.52. The molecule has 1 aromatic heterocycles. The number of nitrogens with one attached hydrogen (secondary N) is 2. The van der Waals surface area contributed by atoms with Crippen molar-refractivity contribution < 1.29 is 9.59 Å². The largest absolute Gasteiger partial charge is 0.361 e. The van der Waals surface area contributed by atoms with Crippen LogP contribution in [-0.2, 0) is 4.79 Å². The van der Waals surface area contributed by atoms with Gasteiger partial charge in [0.25, 0.3) is 5.91 Å². The number of aromatic nitrogens is 1. The molecule has 0 atom stereocenters. The van der Waals surface area contributed by atoms with E-state index in [9.17, 15) is 9.59 Å².